The van der Waals surface area contributed by atoms with Crippen molar-refractivity contribution in [1.82, 2.24) is 20.3 Å². The van der Waals surface area contributed by atoms with Gasteiger partial charge in [0.05, 0.1) is 0 Å². The molecule has 9 heteroatoms. The molecule has 1 amide bonds. The van der Waals surface area contributed by atoms with Crippen LogP contribution in [-0.2, 0) is 20.9 Å². The van der Waals surface area contributed by atoms with E-state index in [1.165, 1.54) is 6.42 Å². The molecule has 0 atom stereocenters. The lowest BCUT2D eigenvalue weighted by Crippen LogP contribution is -2.36. The van der Waals surface area contributed by atoms with Crippen molar-refractivity contribution in [3.05, 3.63) is 36.2 Å². The number of hydrogen-bond donors (Lipinski definition) is 3. The first kappa shape index (κ1) is 19.5. The molecule has 1 aliphatic carbocycles. The fourth-order valence-electron chi connectivity index (χ4n) is 3.07. The van der Waals surface area contributed by atoms with E-state index in [1.807, 2.05) is 30.3 Å². The predicted molar refractivity (Wildman–Crippen MR) is 103 cm³/mol. The maximum Gasteiger partial charge on any atom is 0.325 e. The molecule has 1 aromatic heterocycles. The van der Waals surface area contributed by atoms with E-state index in [0.29, 0.717) is 0 Å². The second-order valence-corrected chi connectivity index (χ2v) is 6.64. The summed E-state index contributed by atoms with van der Waals surface area (Å²) in [5.41, 5.74) is 6.49. The minimum absolute atomic E-state index is 0.00324. The van der Waals surface area contributed by atoms with Crippen molar-refractivity contribution < 1.29 is 14.3 Å². The Kier molecular flexibility index (Phi) is 6.72. The summed E-state index contributed by atoms with van der Waals surface area (Å²) in [6, 6.07) is 9.35. The third-order valence-electron chi connectivity index (χ3n) is 4.47. The highest BCUT2D eigenvalue weighted by Gasteiger charge is 2.21. The number of aromatic nitrogens is 3. The lowest BCUT2D eigenvalue weighted by atomic mass is 9.89. The van der Waals surface area contributed by atoms with Crippen LogP contribution in [0.2, 0.25) is 0 Å². The Morgan fingerprint density at radius 1 is 1.07 bits per heavy atom. The highest BCUT2D eigenvalue weighted by atomic mass is 16.5. The van der Waals surface area contributed by atoms with Crippen LogP contribution < -0.4 is 16.4 Å². The van der Waals surface area contributed by atoms with Gasteiger partial charge in [-0.3, -0.25) is 9.59 Å². The fourth-order valence-corrected chi connectivity index (χ4v) is 3.07. The molecule has 1 saturated carbocycles. The number of amides is 1. The Morgan fingerprint density at radius 2 is 1.82 bits per heavy atom. The third kappa shape index (κ3) is 5.90. The van der Waals surface area contributed by atoms with Crippen molar-refractivity contribution in [3.63, 3.8) is 0 Å². The van der Waals surface area contributed by atoms with E-state index in [9.17, 15) is 9.59 Å². The van der Waals surface area contributed by atoms with Crippen LogP contribution in [0, 0.1) is 5.92 Å². The number of rotatable bonds is 7. The van der Waals surface area contributed by atoms with Gasteiger partial charge < -0.3 is 21.1 Å². The van der Waals surface area contributed by atoms with E-state index in [0.717, 1.165) is 31.4 Å². The summed E-state index contributed by atoms with van der Waals surface area (Å²) in [6.45, 7) is -0.334. The Bertz CT molecular complexity index is 809. The summed E-state index contributed by atoms with van der Waals surface area (Å²) in [6.07, 6.45) is 5.04. The van der Waals surface area contributed by atoms with Gasteiger partial charge in [-0.25, -0.2) is 0 Å². The predicted octanol–water partition coefficient (Wildman–Crippen LogP) is 1.94. The van der Waals surface area contributed by atoms with Gasteiger partial charge >= 0.3 is 5.97 Å². The molecule has 4 N–H and O–H groups in total. The monoisotopic (exact) mass is 384 g/mol. The molecule has 1 fully saturated rings. The van der Waals surface area contributed by atoms with Crippen LogP contribution >= 0.6 is 0 Å². The Morgan fingerprint density at radius 3 is 2.57 bits per heavy atom. The standard InChI is InChI=1S/C19H24N6O3/c20-18-23-15(24-19(25-18)22-14-9-5-2-6-10-14)12-28-16(26)11-21-17(27)13-7-3-1-4-8-13/h2,5-6,9-10,13H,1,3-4,7-8,11-12H2,(H,21,27)(H3,20,22,23,24,25). The molecule has 2 aromatic rings. The highest BCUT2D eigenvalue weighted by Crippen LogP contribution is 2.23. The molecule has 0 aliphatic heterocycles. The van der Waals surface area contributed by atoms with Crippen LogP contribution in [0.25, 0.3) is 0 Å². The Hall–Kier alpha value is -3.23. The number of anilines is 3. The van der Waals surface area contributed by atoms with Crippen LogP contribution in [0.15, 0.2) is 30.3 Å². The zero-order valence-corrected chi connectivity index (χ0v) is 15.6. The van der Waals surface area contributed by atoms with Gasteiger partial charge in [0.25, 0.3) is 0 Å². The summed E-state index contributed by atoms with van der Waals surface area (Å²) in [4.78, 5) is 36.1. The second-order valence-electron chi connectivity index (χ2n) is 6.64. The molecular weight excluding hydrogens is 360 g/mol. The topological polar surface area (TPSA) is 132 Å². The van der Waals surface area contributed by atoms with E-state index < -0.39 is 5.97 Å². The number of para-hydroxylation sites is 1. The molecule has 28 heavy (non-hydrogen) atoms. The number of ether oxygens (including phenoxy) is 1. The Balaban J connectivity index is 1.48. The normalized spacial score (nSPS) is 14.3. The number of nitrogens with one attached hydrogen (secondary N) is 2. The molecule has 0 unspecified atom stereocenters. The van der Waals surface area contributed by atoms with E-state index >= 15 is 0 Å². The van der Waals surface area contributed by atoms with Gasteiger partial charge in [-0.2, -0.15) is 15.0 Å². The molecule has 3 rings (SSSR count). The van der Waals surface area contributed by atoms with Gasteiger partial charge in [0.1, 0.15) is 6.54 Å². The molecule has 1 aliphatic rings. The molecule has 0 saturated heterocycles. The molecule has 1 aromatic carbocycles. The van der Waals surface area contributed by atoms with Crippen LogP contribution in [0.1, 0.15) is 37.9 Å². The maximum absolute atomic E-state index is 12.1. The van der Waals surface area contributed by atoms with Gasteiger partial charge in [-0.15, -0.1) is 0 Å². The average molecular weight is 384 g/mol. The summed E-state index contributed by atoms with van der Waals surface area (Å²) < 4.78 is 5.14. The first-order chi connectivity index (χ1) is 13.6. The minimum atomic E-state index is -0.555. The SMILES string of the molecule is Nc1nc(COC(=O)CNC(=O)C2CCCCC2)nc(Nc2ccccc2)n1. The molecule has 0 spiro atoms. The van der Waals surface area contributed by atoms with Crippen LogP contribution in [-0.4, -0.2) is 33.4 Å². The van der Waals surface area contributed by atoms with Crippen LogP contribution in [0.4, 0.5) is 17.6 Å². The van der Waals surface area contributed by atoms with Gasteiger partial charge in [0, 0.05) is 11.6 Å². The summed E-state index contributed by atoms with van der Waals surface area (Å²) in [5.74, 6) is -0.147. The van der Waals surface area contributed by atoms with E-state index in [1.54, 1.807) is 0 Å². The van der Waals surface area contributed by atoms with Crippen molar-refractivity contribution >= 4 is 29.5 Å². The number of nitrogens with two attached hydrogens (primary N) is 1. The smallest absolute Gasteiger partial charge is 0.325 e. The minimum Gasteiger partial charge on any atom is -0.456 e. The molecule has 0 bridgehead atoms. The third-order valence-corrected chi connectivity index (χ3v) is 4.47. The first-order valence-corrected chi connectivity index (χ1v) is 9.36. The molecule has 1 heterocycles. The number of nitrogen functional groups attached to an aromatic ring is 1. The first-order valence-electron chi connectivity index (χ1n) is 9.36. The number of esters is 1. The number of carbonyl (C=O) groups excluding carboxylic acids is 2. The average Bonchev–Trinajstić information content (AvgIpc) is 2.71. The zero-order chi connectivity index (χ0) is 19.8. The summed E-state index contributed by atoms with van der Waals surface area (Å²) in [7, 11) is 0. The Labute approximate surface area is 163 Å². The zero-order valence-electron chi connectivity index (χ0n) is 15.6. The lowest BCUT2D eigenvalue weighted by molar-refractivity contribution is -0.145. The molecular formula is C19H24N6O3. The van der Waals surface area contributed by atoms with Crippen molar-refractivity contribution in [2.45, 2.75) is 38.7 Å². The second kappa shape index (κ2) is 9.63. The van der Waals surface area contributed by atoms with Gasteiger partial charge in [-0.1, -0.05) is 37.5 Å². The van der Waals surface area contributed by atoms with E-state index in [2.05, 4.69) is 25.6 Å². The maximum atomic E-state index is 12.1. The van der Waals surface area contributed by atoms with Gasteiger partial charge in [-0.05, 0) is 25.0 Å². The number of benzene rings is 1. The largest absolute Gasteiger partial charge is 0.456 e. The number of nitrogens with zero attached hydrogens (tertiary/aromatic N) is 3. The summed E-state index contributed by atoms with van der Waals surface area (Å²) >= 11 is 0. The number of hydrogen-bond acceptors (Lipinski definition) is 8. The van der Waals surface area contributed by atoms with E-state index in [4.69, 9.17) is 10.5 Å². The fraction of sp³-hybridized carbons (Fsp3) is 0.421. The quantitative estimate of drug-likeness (QED) is 0.617. The molecule has 0 radical (unpaired) electrons. The van der Waals surface area contributed by atoms with Crippen LogP contribution in [0.5, 0.6) is 0 Å². The van der Waals surface area contributed by atoms with Gasteiger partial charge in [0.2, 0.25) is 17.8 Å². The summed E-state index contributed by atoms with van der Waals surface area (Å²) in [5, 5.41) is 5.65. The van der Waals surface area contributed by atoms with E-state index in [-0.39, 0.29) is 42.7 Å². The number of carbonyl (C=O) groups is 2. The molecule has 148 valence electrons. The van der Waals surface area contributed by atoms with Crippen LogP contribution in [0.3, 0.4) is 0 Å². The van der Waals surface area contributed by atoms with Crippen molar-refractivity contribution in [1.29, 1.82) is 0 Å². The molecule has 9 nitrogen and oxygen atoms in total. The van der Waals surface area contributed by atoms with Crippen molar-refractivity contribution in [3.8, 4) is 0 Å². The highest BCUT2D eigenvalue weighted by molar-refractivity contribution is 5.83. The lowest BCUT2D eigenvalue weighted by Gasteiger charge is -2.20. The van der Waals surface area contributed by atoms with Crippen molar-refractivity contribution in [2.24, 2.45) is 5.92 Å². The van der Waals surface area contributed by atoms with Crippen molar-refractivity contribution in [2.75, 3.05) is 17.6 Å². The van der Waals surface area contributed by atoms with Gasteiger partial charge in [0.15, 0.2) is 12.4 Å².